The summed E-state index contributed by atoms with van der Waals surface area (Å²) in [5.74, 6) is -0.221. The van der Waals surface area contributed by atoms with Crippen molar-refractivity contribution in [1.29, 1.82) is 0 Å². The maximum Gasteiger partial charge on any atom is 0.416 e. The van der Waals surface area contributed by atoms with Crippen LogP contribution in [0.15, 0.2) is 12.1 Å². The van der Waals surface area contributed by atoms with Gasteiger partial charge in [0.2, 0.25) is 0 Å². The summed E-state index contributed by atoms with van der Waals surface area (Å²) in [6.45, 7) is 1.37. The molecule has 0 spiro atoms. The molecule has 0 heterocycles. The molecule has 16 heavy (non-hydrogen) atoms. The van der Waals surface area contributed by atoms with Crippen molar-refractivity contribution in [3.05, 3.63) is 32.4 Å². The SMILES string of the molecule is Cc1c(C(F)(F)F)ccc(C(=O)CBr)c1I. The van der Waals surface area contributed by atoms with Crippen LogP contribution in [-0.4, -0.2) is 11.1 Å². The Labute approximate surface area is 113 Å². The molecule has 0 saturated heterocycles. The maximum absolute atomic E-state index is 12.5. The number of ketones is 1. The Morgan fingerprint density at radius 1 is 1.44 bits per heavy atom. The molecule has 0 aliphatic rings. The van der Waals surface area contributed by atoms with E-state index in [2.05, 4.69) is 15.9 Å². The lowest BCUT2D eigenvalue weighted by atomic mass is 10.0. The summed E-state index contributed by atoms with van der Waals surface area (Å²) < 4.78 is 38.0. The van der Waals surface area contributed by atoms with Crippen LogP contribution in [0.2, 0.25) is 0 Å². The Kier molecular flexibility index (Phi) is 4.39. The number of halogens is 5. The molecular formula is C10H7BrF3IO. The van der Waals surface area contributed by atoms with Gasteiger partial charge in [-0.15, -0.1) is 0 Å². The molecule has 0 radical (unpaired) electrons. The third-order valence-corrected chi connectivity index (χ3v) is 4.01. The summed E-state index contributed by atoms with van der Waals surface area (Å²) in [5, 5.41) is 0.105. The summed E-state index contributed by atoms with van der Waals surface area (Å²) in [5.41, 5.74) is -0.272. The van der Waals surface area contributed by atoms with E-state index in [9.17, 15) is 18.0 Å². The molecule has 0 aromatic heterocycles. The monoisotopic (exact) mass is 406 g/mol. The molecule has 0 saturated carbocycles. The molecule has 0 N–H and O–H groups in total. The van der Waals surface area contributed by atoms with Gasteiger partial charge in [0.05, 0.1) is 10.9 Å². The molecule has 1 aromatic carbocycles. The first-order valence-corrected chi connectivity index (χ1v) is 6.44. The zero-order valence-electron chi connectivity index (χ0n) is 8.16. The second-order valence-corrected chi connectivity index (χ2v) is 4.79. The van der Waals surface area contributed by atoms with Gasteiger partial charge in [-0.1, -0.05) is 15.9 Å². The fourth-order valence-electron chi connectivity index (χ4n) is 1.28. The van der Waals surface area contributed by atoms with Gasteiger partial charge in [0.25, 0.3) is 0 Å². The van der Waals surface area contributed by atoms with E-state index >= 15 is 0 Å². The number of carbonyl (C=O) groups excluding carboxylic acids is 1. The standard InChI is InChI=1S/C10H7BrF3IO/c1-5-7(10(12,13)14)3-2-6(9(5)15)8(16)4-11/h2-3H,4H2,1H3. The lowest BCUT2D eigenvalue weighted by molar-refractivity contribution is -0.138. The van der Waals surface area contributed by atoms with Gasteiger partial charge in [-0.2, -0.15) is 13.2 Å². The fourth-order valence-corrected chi connectivity index (χ4v) is 2.35. The molecule has 88 valence electrons. The fraction of sp³-hybridized carbons (Fsp3) is 0.300. The van der Waals surface area contributed by atoms with Crippen LogP contribution in [0, 0.1) is 10.5 Å². The molecule has 1 aromatic rings. The van der Waals surface area contributed by atoms with E-state index in [1.165, 1.54) is 13.0 Å². The molecule has 0 fully saturated rings. The third-order valence-electron chi connectivity index (χ3n) is 2.11. The van der Waals surface area contributed by atoms with E-state index in [1.807, 2.05) is 0 Å². The summed E-state index contributed by atoms with van der Waals surface area (Å²) in [6, 6.07) is 2.18. The van der Waals surface area contributed by atoms with Crippen LogP contribution in [0.1, 0.15) is 21.5 Å². The molecular weight excluding hydrogens is 400 g/mol. The van der Waals surface area contributed by atoms with E-state index in [0.29, 0.717) is 9.13 Å². The van der Waals surface area contributed by atoms with E-state index in [1.54, 1.807) is 22.6 Å². The first-order chi connectivity index (χ1) is 7.29. The maximum atomic E-state index is 12.5. The highest BCUT2D eigenvalue weighted by Gasteiger charge is 2.33. The Balaban J connectivity index is 3.35. The quantitative estimate of drug-likeness (QED) is 0.408. The van der Waals surface area contributed by atoms with Crippen LogP contribution in [-0.2, 0) is 6.18 Å². The van der Waals surface area contributed by atoms with Gasteiger partial charge in [0.1, 0.15) is 0 Å². The van der Waals surface area contributed by atoms with E-state index in [0.717, 1.165) is 6.07 Å². The van der Waals surface area contributed by atoms with Crippen molar-refractivity contribution >= 4 is 44.3 Å². The van der Waals surface area contributed by atoms with Crippen molar-refractivity contribution in [3.8, 4) is 0 Å². The number of carbonyl (C=O) groups is 1. The van der Waals surface area contributed by atoms with Crippen LogP contribution in [0.25, 0.3) is 0 Å². The van der Waals surface area contributed by atoms with Crippen LogP contribution < -0.4 is 0 Å². The van der Waals surface area contributed by atoms with Gasteiger partial charge in [0, 0.05) is 9.13 Å². The highest BCUT2D eigenvalue weighted by molar-refractivity contribution is 14.1. The number of hydrogen-bond acceptors (Lipinski definition) is 1. The number of hydrogen-bond donors (Lipinski definition) is 0. The van der Waals surface area contributed by atoms with Crippen LogP contribution in [0.5, 0.6) is 0 Å². The van der Waals surface area contributed by atoms with Gasteiger partial charge in [-0.3, -0.25) is 4.79 Å². The van der Waals surface area contributed by atoms with Gasteiger partial charge in [0.15, 0.2) is 5.78 Å². The highest BCUT2D eigenvalue weighted by atomic mass is 127. The minimum atomic E-state index is -4.38. The molecule has 0 bridgehead atoms. The van der Waals surface area contributed by atoms with Crippen molar-refractivity contribution in [3.63, 3.8) is 0 Å². The molecule has 1 nitrogen and oxygen atoms in total. The van der Waals surface area contributed by atoms with Gasteiger partial charge in [-0.25, -0.2) is 0 Å². The van der Waals surface area contributed by atoms with Gasteiger partial charge in [-0.05, 0) is 47.2 Å². The number of benzene rings is 1. The van der Waals surface area contributed by atoms with Crippen LogP contribution >= 0.6 is 38.5 Å². The van der Waals surface area contributed by atoms with Crippen molar-refractivity contribution in [2.24, 2.45) is 0 Å². The molecule has 0 aliphatic heterocycles. The van der Waals surface area contributed by atoms with Crippen LogP contribution in [0.3, 0.4) is 0 Å². The number of alkyl halides is 4. The van der Waals surface area contributed by atoms with Crippen molar-refractivity contribution in [2.75, 3.05) is 5.33 Å². The van der Waals surface area contributed by atoms with Gasteiger partial charge < -0.3 is 0 Å². The zero-order chi connectivity index (χ0) is 12.5. The molecule has 0 unspecified atom stereocenters. The van der Waals surface area contributed by atoms with Gasteiger partial charge >= 0.3 is 6.18 Å². The second-order valence-electron chi connectivity index (χ2n) is 3.15. The largest absolute Gasteiger partial charge is 0.416 e. The van der Waals surface area contributed by atoms with E-state index < -0.39 is 11.7 Å². The summed E-state index contributed by atoms with van der Waals surface area (Å²) in [4.78, 5) is 11.4. The smallest absolute Gasteiger partial charge is 0.293 e. The molecule has 1 rings (SSSR count). The molecule has 0 aliphatic carbocycles. The first-order valence-electron chi connectivity index (χ1n) is 4.24. The predicted molar refractivity (Wildman–Crippen MR) is 67.0 cm³/mol. The average molecular weight is 407 g/mol. The Morgan fingerprint density at radius 3 is 2.44 bits per heavy atom. The normalized spacial score (nSPS) is 11.6. The Bertz CT molecular complexity index is 429. The summed E-state index contributed by atoms with van der Waals surface area (Å²) in [7, 11) is 0. The lowest BCUT2D eigenvalue weighted by Crippen LogP contribution is -2.12. The van der Waals surface area contributed by atoms with Crippen molar-refractivity contribution in [2.45, 2.75) is 13.1 Å². The van der Waals surface area contributed by atoms with Crippen molar-refractivity contribution < 1.29 is 18.0 Å². The molecule has 0 amide bonds. The minimum absolute atomic E-state index is 0.0971. The molecule has 6 heteroatoms. The summed E-state index contributed by atoms with van der Waals surface area (Å²) >= 11 is 4.76. The Hall–Kier alpha value is -0.110. The Morgan fingerprint density at radius 2 is 2.00 bits per heavy atom. The average Bonchev–Trinajstić information content (AvgIpc) is 2.19. The van der Waals surface area contributed by atoms with Crippen LogP contribution in [0.4, 0.5) is 13.2 Å². The van der Waals surface area contributed by atoms with E-state index in [4.69, 9.17) is 0 Å². The zero-order valence-corrected chi connectivity index (χ0v) is 11.9. The summed E-state index contributed by atoms with van der Waals surface area (Å²) in [6.07, 6.45) is -4.38. The van der Waals surface area contributed by atoms with Crippen molar-refractivity contribution in [1.82, 2.24) is 0 Å². The second kappa shape index (κ2) is 5.03. The molecule has 0 atom stereocenters. The predicted octanol–water partition coefficient (Wildman–Crippen LogP) is 4.20. The third kappa shape index (κ3) is 2.77. The van der Waals surface area contributed by atoms with E-state index in [-0.39, 0.29) is 16.7 Å². The lowest BCUT2D eigenvalue weighted by Gasteiger charge is -2.13. The minimum Gasteiger partial charge on any atom is -0.293 e. The topological polar surface area (TPSA) is 17.1 Å². The highest BCUT2D eigenvalue weighted by Crippen LogP contribution is 2.34. The number of rotatable bonds is 2. The number of Topliss-reactive ketones (excluding diaryl/α,β-unsaturated/α-hetero) is 1. The first kappa shape index (κ1) is 14.0.